The first-order valence-electron chi connectivity index (χ1n) is 5.03. The highest BCUT2D eigenvalue weighted by Crippen LogP contribution is 1.92. The van der Waals surface area contributed by atoms with Crippen LogP contribution in [-0.4, -0.2) is 18.9 Å². The molecule has 0 amide bonds. The lowest BCUT2D eigenvalue weighted by Crippen LogP contribution is -2.27. The number of ketones is 1. The molecule has 2 rings (SSSR count). The van der Waals surface area contributed by atoms with Crippen LogP contribution in [0.5, 0.6) is 0 Å². The molecule has 1 aliphatic heterocycles. The van der Waals surface area contributed by atoms with E-state index in [1.807, 2.05) is 18.2 Å². The first kappa shape index (κ1) is 10.9. The van der Waals surface area contributed by atoms with Crippen LogP contribution in [0.1, 0.15) is 18.4 Å². The van der Waals surface area contributed by atoms with Gasteiger partial charge in [0.1, 0.15) is 5.78 Å². The number of carbonyl (C=O) groups is 1. The summed E-state index contributed by atoms with van der Waals surface area (Å²) >= 11 is 0. The number of piperidine rings is 1. The van der Waals surface area contributed by atoms with Crippen molar-refractivity contribution in [1.82, 2.24) is 5.32 Å². The SMILES string of the molecule is Cc1ccccc1.O=C1CCNCC1. The first-order chi connectivity index (χ1) is 6.79. The van der Waals surface area contributed by atoms with Gasteiger partial charge in [0, 0.05) is 25.9 Å². The second kappa shape index (κ2) is 6.33. The van der Waals surface area contributed by atoms with E-state index in [0.29, 0.717) is 5.78 Å². The van der Waals surface area contributed by atoms with Gasteiger partial charge in [-0.25, -0.2) is 0 Å². The lowest BCUT2D eigenvalue weighted by molar-refractivity contribution is -0.119. The number of nitrogens with one attached hydrogen (secondary N) is 1. The number of hydrogen-bond acceptors (Lipinski definition) is 2. The standard InChI is InChI=1S/C7H8.C5H9NO/c1-7-5-3-2-4-6-7;7-5-1-3-6-4-2-5/h2-6H,1H3;6H,1-4H2. The lowest BCUT2D eigenvalue weighted by Gasteiger charge is -2.08. The summed E-state index contributed by atoms with van der Waals surface area (Å²) in [5, 5.41) is 3.09. The maximum Gasteiger partial charge on any atom is 0.135 e. The third-order valence-electron chi connectivity index (χ3n) is 2.10. The van der Waals surface area contributed by atoms with Crippen molar-refractivity contribution in [1.29, 1.82) is 0 Å². The van der Waals surface area contributed by atoms with Crippen LogP contribution in [0.3, 0.4) is 0 Å². The molecular weight excluding hydrogens is 174 g/mol. The molecule has 0 atom stereocenters. The fourth-order valence-corrected chi connectivity index (χ4v) is 1.24. The fraction of sp³-hybridized carbons (Fsp3) is 0.417. The van der Waals surface area contributed by atoms with Crippen LogP contribution in [0.4, 0.5) is 0 Å². The Kier molecular flexibility index (Phi) is 4.94. The zero-order valence-corrected chi connectivity index (χ0v) is 8.62. The van der Waals surface area contributed by atoms with E-state index in [0.717, 1.165) is 25.9 Å². The Morgan fingerprint density at radius 2 is 1.64 bits per heavy atom. The van der Waals surface area contributed by atoms with E-state index < -0.39 is 0 Å². The van der Waals surface area contributed by atoms with Crippen molar-refractivity contribution in [3.05, 3.63) is 35.9 Å². The summed E-state index contributed by atoms with van der Waals surface area (Å²) in [5.41, 5.74) is 1.32. The lowest BCUT2D eigenvalue weighted by atomic mass is 10.1. The average molecular weight is 191 g/mol. The number of aryl methyl sites for hydroxylation is 1. The summed E-state index contributed by atoms with van der Waals surface area (Å²) in [4.78, 5) is 10.4. The van der Waals surface area contributed by atoms with Crippen LogP contribution in [0, 0.1) is 6.92 Å². The average Bonchev–Trinajstić information content (AvgIpc) is 2.21. The highest BCUT2D eigenvalue weighted by Gasteiger charge is 2.04. The molecule has 0 unspecified atom stereocenters. The topological polar surface area (TPSA) is 29.1 Å². The van der Waals surface area contributed by atoms with Gasteiger partial charge < -0.3 is 5.32 Å². The Balaban J connectivity index is 0.000000140. The van der Waals surface area contributed by atoms with Crippen molar-refractivity contribution in [2.75, 3.05) is 13.1 Å². The van der Waals surface area contributed by atoms with Crippen molar-refractivity contribution < 1.29 is 4.79 Å². The molecule has 1 aliphatic rings. The van der Waals surface area contributed by atoms with E-state index in [-0.39, 0.29) is 0 Å². The number of Topliss-reactive ketones (excluding diaryl/α,β-unsaturated/α-hetero) is 1. The van der Waals surface area contributed by atoms with Crippen LogP contribution < -0.4 is 5.32 Å². The van der Waals surface area contributed by atoms with Gasteiger partial charge in [-0.3, -0.25) is 4.79 Å². The zero-order chi connectivity index (χ0) is 10.2. The number of benzene rings is 1. The Morgan fingerprint density at radius 3 is 1.93 bits per heavy atom. The van der Waals surface area contributed by atoms with Gasteiger partial charge in [-0.2, -0.15) is 0 Å². The largest absolute Gasteiger partial charge is 0.316 e. The van der Waals surface area contributed by atoms with Gasteiger partial charge in [0.25, 0.3) is 0 Å². The minimum atomic E-state index is 0.402. The molecule has 76 valence electrons. The normalized spacial score (nSPS) is 15.6. The molecule has 1 N–H and O–H groups in total. The molecule has 14 heavy (non-hydrogen) atoms. The van der Waals surface area contributed by atoms with Gasteiger partial charge in [-0.1, -0.05) is 35.9 Å². The summed E-state index contributed by atoms with van der Waals surface area (Å²) < 4.78 is 0. The highest BCUT2D eigenvalue weighted by molar-refractivity contribution is 5.79. The molecule has 1 aromatic carbocycles. The fourth-order valence-electron chi connectivity index (χ4n) is 1.24. The third kappa shape index (κ3) is 4.77. The van der Waals surface area contributed by atoms with Crippen molar-refractivity contribution in [2.45, 2.75) is 19.8 Å². The van der Waals surface area contributed by atoms with Crippen LogP contribution in [-0.2, 0) is 4.79 Å². The van der Waals surface area contributed by atoms with E-state index in [4.69, 9.17) is 0 Å². The molecule has 1 fully saturated rings. The van der Waals surface area contributed by atoms with Crippen molar-refractivity contribution in [2.24, 2.45) is 0 Å². The summed E-state index contributed by atoms with van der Waals surface area (Å²) in [7, 11) is 0. The smallest absolute Gasteiger partial charge is 0.135 e. The summed E-state index contributed by atoms with van der Waals surface area (Å²) in [6, 6.07) is 10.3. The number of carbonyl (C=O) groups excluding carboxylic acids is 1. The van der Waals surface area contributed by atoms with Gasteiger partial charge in [-0.05, 0) is 6.92 Å². The minimum absolute atomic E-state index is 0.402. The molecule has 1 saturated heterocycles. The Morgan fingerprint density at radius 1 is 1.07 bits per heavy atom. The second-order valence-corrected chi connectivity index (χ2v) is 3.44. The van der Waals surface area contributed by atoms with Crippen LogP contribution in [0.15, 0.2) is 30.3 Å². The maximum absolute atomic E-state index is 10.4. The summed E-state index contributed by atoms with van der Waals surface area (Å²) in [5.74, 6) is 0.402. The van der Waals surface area contributed by atoms with E-state index in [1.54, 1.807) is 0 Å². The second-order valence-electron chi connectivity index (χ2n) is 3.44. The monoisotopic (exact) mass is 191 g/mol. The summed E-state index contributed by atoms with van der Waals surface area (Å²) in [6.07, 6.45) is 1.47. The van der Waals surface area contributed by atoms with Gasteiger partial charge in [0.2, 0.25) is 0 Å². The van der Waals surface area contributed by atoms with Crippen molar-refractivity contribution in [3.8, 4) is 0 Å². The van der Waals surface area contributed by atoms with E-state index in [1.165, 1.54) is 5.56 Å². The Hall–Kier alpha value is -1.15. The van der Waals surface area contributed by atoms with Crippen LogP contribution in [0.25, 0.3) is 0 Å². The first-order valence-corrected chi connectivity index (χ1v) is 5.03. The van der Waals surface area contributed by atoms with Crippen molar-refractivity contribution >= 4 is 5.78 Å². The van der Waals surface area contributed by atoms with Gasteiger partial charge in [0.15, 0.2) is 0 Å². The molecule has 2 nitrogen and oxygen atoms in total. The number of rotatable bonds is 0. The number of hydrogen-bond donors (Lipinski definition) is 1. The molecule has 1 aromatic rings. The predicted molar refractivity (Wildman–Crippen MR) is 58.3 cm³/mol. The predicted octanol–water partition coefficient (Wildman–Crippen LogP) is 1.93. The molecule has 0 aliphatic carbocycles. The molecule has 0 saturated carbocycles. The molecule has 0 aromatic heterocycles. The molecule has 0 spiro atoms. The molecule has 0 radical (unpaired) electrons. The molecule has 0 bridgehead atoms. The van der Waals surface area contributed by atoms with Gasteiger partial charge >= 0.3 is 0 Å². The van der Waals surface area contributed by atoms with Crippen LogP contribution >= 0.6 is 0 Å². The highest BCUT2D eigenvalue weighted by atomic mass is 16.1. The molecular formula is C12H17NO. The maximum atomic E-state index is 10.4. The quantitative estimate of drug-likeness (QED) is 0.679. The van der Waals surface area contributed by atoms with E-state index >= 15 is 0 Å². The van der Waals surface area contributed by atoms with Crippen molar-refractivity contribution in [3.63, 3.8) is 0 Å². The zero-order valence-electron chi connectivity index (χ0n) is 8.62. The van der Waals surface area contributed by atoms with Gasteiger partial charge in [-0.15, -0.1) is 0 Å². The summed E-state index contributed by atoms with van der Waals surface area (Å²) in [6.45, 7) is 3.86. The third-order valence-corrected chi connectivity index (χ3v) is 2.10. The molecule has 2 heteroatoms. The minimum Gasteiger partial charge on any atom is -0.316 e. The van der Waals surface area contributed by atoms with Crippen LogP contribution in [0.2, 0.25) is 0 Å². The Bertz CT molecular complexity index is 261. The van der Waals surface area contributed by atoms with E-state index in [2.05, 4.69) is 24.4 Å². The van der Waals surface area contributed by atoms with E-state index in [9.17, 15) is 4.79 Å². The van der Waals surface area contributed by atoms with Gasteiger partial charge in [0.05, 0.1) is 0 Å². The Labute approximate surface area is 85.3 Å². The molecule has 1 heterocycles.